The van der Waals surface area contributed by atoms with Crippen molar-refractivity contribution in [2.24, 2.45) is 5.92 Å². The standard InChI is InChI=1S/C18H26N2O4.C6H13N/c1-14-12-19(10-11-20(14)17(22)24-18(2,3)4)16(21)23-13-15-8-6-5-7-9-15;1-6-3-2-4-7-5-6/h5-9,14H,10-13H2,1-4H3;6-7H,2-5H2,1H3. The average Bonchev–Trinajstić information content (AvgIpc) is 2.72. The first-order valence-corrected chi connectivity index (χ1v) is 11.3. The zero-order valence-electron chi connectivity index (χ0n) is 19.7. The maximum absolute atomic E-state index is 12.2. The number of hydrogen-bond acceptors (Lipinski definition) is 5. The van der Waals surface area contributed by atoms with Crippen molar-refractivity contribution < 1.29 is 19.1 Å². The molecule has 2 unspecified atom stereocenters. The Kier molecular flexibility index (Phi) is 9.62. The Morgan fingerprint density at radius 1 is 1.10 bits per heavy atom. The number of piperazine rings is 1. The Bertz CT molecular complexity index is 684. The summed E-state index contributed by atoms with van der Waals surface area (Å²) < 4.78 is 10.7. The molecule has 2 amide bonds. The molecule has 2 aliphatic rings. The predicted octanol–water partition coefficient (Wildman–Crippen LogP) is 4.27. The first-order valence-electron chi connectivity index (χ1n) is 11.3. The molecule has 2 saturated heterocycles. The molecule has 1 aromatic carbocycles. The van der Waals surface area contributed by atoms with Crippen LogP contribution in [-0.4, -0.2) is 66.4 Å². The molecule has 2 fully saturated rings. The summed E-state index contributed by atoms with van der Waals surface area (Å²) in [6.45, 7) is 13.8. The lowest BCUT2D eigenvalue weighted by molar-refractivity contribution is -0.000328. The van der Waals surface area contributed by atoms with E-state index in [1.54, 1.807) is 9.80 Å². The minimum absolute atomic E-state index is 0.113. The molecule has 2 heterocycles. The van der Waals surface area contributed by atoms with Crippen LogP contribution in [0.4, 0.5) is 9.59 Å². The van der Waals surface area contributed by atoms with E-state index in [2.05, 4.69) is 12.2 Å². The van der Waals surface area contributed by atoms with E-state index < -0.39 is 5.60 Å². The molecule has 2 aliphatic heterocycles. The maximum Gasteiger partial charge on any atom is 0.410 e. The molecule has 7 heteroatoms. The van der Waals surface area contributed by atoms with Crippen LogP contribution in [0.25, 0.3) is 0 Å². The van der Waals surface area contributed by atoms with Gasteiger partial charge in [0.25, 0.3) is 0 Å². The van der Waals surface area contributed by atoms with Gasteiger partial charge in [0.2, 0.25) is 0 Å². The average molecular weight is 434 g/mol. The molecule has 31 heavy (non-hydrogen) atoms. The number of amides is 2. The van der Waals surface area contributed by atoms with Gasteiger partial charge in [-0.2, -0.15) is 0 Å². The fraction of sp³-hybridized carbons (Fsp3) is 0.667. The lowest BCUT2D eigenvalue weighted by Crippen LogP contribution is -2.56. The van der Waals surface area contributed by atoms with Gasteiger partial charge in [-0.3, -0.25) is 0 Å². The molecule has 2 atom stereocenters. The highest BCUT2D eigenvalue weighted by molar-refractivity contribution is 5.71. The van der Waals surface area contributed by atoms with E-state index in [9.17, 15) is 9.59 Å². The highest BCUT2D eigenvalue weighted by atomic mass is 16.6. The third kappa shape index (κ3) is 9.17. The normalized spacial score (nSPS) is 21.6. The molecule has 0 aliphatic carbocycles. The molecular weight excluding hydrogens is 394 g/mol. The van der Waals surface area contributed by atoms with E-state index in [-0.39, 0.29) is 24.8 Å². The Hall–Kier alpha value is -2.28. The topological polar surface area (TPSA) is 71.1 Å². The summed E-state index contributed by atoms with van der Waals surface area (Å²) in [6, 6.07) is 9.45. The van der Waals surface area contributed by atoms with E-state index in [1.165, 1.54) is 25.9 Å². The zero-order valence-corrected chi connectivity index (χ0v) is 19.7. The van der Waals surface area contributed by atoms with E-state index in [0.29, 0.717) is 19.6 Å². The molecule has 0 saturated carbocycles. The van der Waals surface area contributed by atoms with E-state index in [4.69, 9.17) is 9.47 Å². The van der Waals surface area contributed by atoms with Crippen LogP contribution in [0.15, 0.2) is 30.3 Å². The molecule has 7 nitrogen and oxygen atoms in total. The van der Waals surface area contributed by atoms with Crippen LogP contribution in [-0.2, 0) is 16.1 Å². The van der Waals surface area contributed by atoms with Gasteiger partial charge in [0.15, 0.2) is 0 Å². The maximum atomic E-state index is 12.2. The Morgan fingerprint density at radius 3 is 2.32 bits per heavy atom. The van der Waals surface area contributed by atoms with Crippen molar-refractivity contribution in [1.29, 1.82) is 0 Å². The number of rotatable bonds is 2. The second kappa shape index (κ2) is 11.9. The van der Waals surface area contributed by atoms with Crippen LogP contribution in [0, 0.1) is 5.92 Å². The summed E-state index contributed by atoms with van der Waals surface area (Å²) in [6.07, 6.45) is 2.11. The van der Waals surface area contributed by atoms with Crippen molar-refractivity contribution in [1.82, 2.24) is 15.1 Å². The summed E-state index contributed by atoms with van der Waals surface area (Å²) in [5.41, 5.74) is 0.425. The van der Waals surface area contributed by atoms with Crippen molar-refractivity contribution in [2.75, 3.05) is 32.7 Å². The first kappa shape index (κ1) is 25.0. The molecule has 174 valence electrons. The Morgan fingerprint density at radius 2 is 1.81 bits per heavy atom. The van der Waals surface area contributed by atoms with Crippen molar-refractivity contribution >= 4 is 12.2 Å². The van der Waals surface area contributed by atoms with Crippen molar-refractivity contribution in [2.45, 2.75) is 65.7 Å². The van der Waals surface area contributed by atoms with Gasteiger partial charge in [-0.1, -0.05) is 37.3 Å². The van der Waals surface area contributed by atoms with Crippen LogP contribution in [0.5, 0.6) is 0 Å². The number of hydrogen-bond donors (Lipinski definition) is 1. The number of nitrogens with zero attached hydrogens (tertiary/aromatic N) is 2. The van der Waals surface area contributed by atoms with Gasteiger partial charge < -0.3 is 24.6 Å². The Balaban J connectivity index is 0.000000412. The second-order valence-electron chi connectivity index (χ2n) is 9.46. The number of benzene rings is 1. The lowest BCUT2D eigenvalue weighted by atomic mass is 10.0. The van der Waals surface area contributed by atoms with Gasteiger partial charge in [0.05, 0.1) is 6.04 Å². The number of carbonyl (C=O) groups excluding carboxylic acids is 2. The van der Waals surface area contributed by atoms with Gasteiger partial charge in [-0.05, 0) is 65.1 Å². The SMILES string of the molecule is CC1CCCNC1.CC1CN(C(=O)OCc2ccccc2)CCN1C(=O)OC(C)(C)C. The molecule has 0 bridgehead atoms. The van der Waals surface area contributed by atoms with Gasteiger partial charge in [0, 0.05) is 19.6 Å². The van der Waals surface area contributed by atoms with Crippen molar-refractivity contribution in [3.63, 3.8) is 0 Å². The van der Waals surface area contributed by atoms with Gasteiger partial charge >= 0.3 is 12.2 Å². The van der Waals surface area contributed by atoms with E-state index in [0.717, 1.165) is 11.5 Å². The fourth-order valence-electron chi connectivity index (χ4n) is 3.55. The highest BCUT2D eigenvalue weighted by Gasteiger charge is 2.33. The quantitative estimate of drug-likeness (QED) is 0.754. The monoisotopic (exact) mass is 433 g/mol. The summed E-state index contributed by atoms with van der Waals surface area (Å²) >= 11 is 0. The smallest absolute Gasteiger partial charge is 0.410 e. The molecule has 0 aromatic heterocycles. The highest BCUT2D eigenvalue weighted by Crippen LogP contribution is 2.16. The summed E-state index contributed by atoms with van der Waals surface area (Å²) in [5, 5.41) is 3.33. The first-order chi connectivity index (χ1) is 14.7. The van der Waals surface area contributed by atoms with Crippen LogP contribution in [0.2, 0.25) is 0 Å². The number of nitrogens with one attached hydrogen (secondary N) is 1. The van der Waals surface area contributed by atoms with Crippen molar-refractivity contribution in [3.05, 3.63) is 35.9 Å². The van der Waals surface area contributed by atoms with E-state index >= 15 is 0 Å². The predicted molar refractivity (Wildman–Crippen MR) is 122 cm³/mol. The number of piperidine rings is 1. The fourth-order valence-corrected chi connectivity index (χ4v) is 3.55. The van der Waals surface area contributed by atoms with Gasteiger partial charge in [-0.15, -0.1) is 0 Å². The van der Waals surface area contributed by atoms with Crippen LogP contribution in [0.1, 0.15) is 53.0 Å². The van der Waals surface area contributed by atoms with Gasteiger partial charge in [-0.25, -0.2) is 9.59 Å². The summed E-state index contributed by atoms with van der Waals surface area (Å²) in [7, 11) is 0. The minimum atomic E-state index is -0.525. The number of ether oxygens (including phenoxy) is 2. The summed E-state index contributed by atoms with van der Waals surface area (Å²) in [4.78, 5) is 27.7. The third-order valence-corrected chi connectivity index (χ3v) is 5.26. The molecular formula is C24H39N3O4. The molecule has 1 aromatic rings. The largest absolute Gasteiger partial charge is 0.445 e. The minimum Gasteiger partial charge on any atom is -0.445 e. The molecule has 1 N–H and O–H groups in total. The summed E-state index contributed by atoms with van der Waals surface area (Å²) in [5.74, 6) is 0.925. The van der Waals surface area contributed by atoms with Crippen LogP contribution >= 0.6 is 0 Å². The van der Waals surface area contributed by atoms with Crippen LogP contribution in [0.3, 0.4) is 0 Å². The molecule has 0 spiro atoms. The van der Waals surface area contributed by atoms with Gasteiger partial charge in [0.1, 0.15) is 12.2 Å². The Labute approximate surface area is 187 Å². The van der Waals surface area contributed by atoms with Crippen molar-refractivity contribution in [3.8, 4) is 0 Å². The lowest BCUT2D eigenvalue weighted by Gasteiger charge is -2.39. The second-order valence-corrected chi connectivity index (χ2v) is 9.46. The number of carbonyl (C=O) groups is 2. The zero-order chi connectivity index (χ0) is 22.9. The van der Waals surface area contributed by atoms with E-state index in [1.807, 2.05) is 58.0 Å². The third-order valence-electron chi connectivity index (χ3n) is 5.26. The molecule has 3 rings (SSSR count). The molecule has 0 radical (unpaired) electrons. The van der Waals surface area contributed by atoms with Crippen LogP contribution < -0.4 is 5.32 Å².